The highest BCUT2D eigenvalue weighted by Crippen LogP contribution is 2.35. The SMILES string of the molecule is COC(=O)c1noc(C)c1C1(C)OCCO1. The number of hydrogen-bond donors (Lipinski definition) is 0. The van der Waals surface area contributed by atoms with Crippen molar-refractivity contribution in [3.63, 3.8) is 0 Å². The number of nitrogens with zero attached hydrogens (tertiary/aromatic N) is 1. The number of esters is 1. The Balaban J connectivity index is 2.46. The number of aryl methyl sites for hydroxylation is 1. The molecule has 0 saturated carbocycles. The summed E-state index contributed by atoms with van der Waals surface area (Å²) >= 11 is 0. The van der Waals surface area contributed by atoms with Gasteiger partial charge in [-0.05, 0) is 13.8 Å². The van der Waals surface area contributed by atoms with Crippen molar-refractivity contribution in [3.8, 4) is 0 Å². The zero-order chi connectivity index (χ0) is 11.8. The molecule has 0 atom stereocenters. The van der Waals surface area contributed by atoms with Gasteiger partial charge in [0.05, 0.1) is 25.9 Å². The topological polar surface area (TPSA) is 70.8 Å². The Morgan fingerprint density at radius 3 is 2.62 bits per heavy atom. The molecule has 2 heterocycles. The number of aromatic nitrogens is 1. The molecule has 6 nitrogen and oxygen atoms in total. The second kappa shape index (κ2) is 3.88. The fraction of sp³-hybridized carbons (Fsp3) is 0.600. The Hall–Kier alpha value is -1.40. The predicted molar refractivity (Wildman–Crippen MR) is 51.8 cm³/mol. The summed E-state index contributed by atoms with van der Waals surface area (Å²) in [6, 6.07) is 0. The van der Waals surface area contributed by atoms with Gasteiger partial charge < -0.3 is 18.7 Å². The Morgan fingerprint density at radius 2 is 2.06 bits per heavy atom. The summed E-state index contributed by atoms with van der Waals surface area (Å²) in [6.45, 7) is 4.38. The molecule has 2 rings (SSSR count). The van der Waals surface area contributed by atoms with Crippen LogP contribution in [-0.2, 0) is 20.0 Å². The largest absolute Gasteiger partial charge is 0.464 e. The molecular weight excluding hydrogens is 214 g/mol. The van der Waals surface area contributed by atoms with E-state index in [0.29, 0.717) is 24.5 Å². The minimum atomic E-state index is -0.979. The first kappa shape index (κ1) is 11.1. The second-order valence-corrected chi connectivity index (χ2v) is 3.60. The van der Waals surface area contributed by atoms with Crippen molar-refractivity contribution in [1.82, 2.24) is 5.16 Å². The van der Waals surface area contributed by atoms with Crippen molar-refractivity contribution in [3.05, 3.63) is 17.0 Å². The lowest BCUT2D eigenvalue weighted by atomic mass is 10.1. The third-order valence-corrected chi connectivity index (χ3v) is 2.53. The predicted octanol–water partition coefficient (Wildman–Crippen LogP) is 0.989. The van der Waals surface area contributed by atoms with E-state index in [9.17, 15) is 4.79 Å². The molecule has 0 aromatic carbocycles. The van der Waals surface area contributed by atoms with Gasteiger partial charge in [-0.15, -0.1) is 0 Å². The third-order valence-electron chi connectivity index (χ3n) is 2.53. The molecule has 0 aliphatic carbocycles. The van der Waals surface area contributed by atoms with Crippen molar-refractivity contribution in [2.24, 2.45) is 0 Å². The van der Waals surface area contributed by atoms with Crippen LogP contribution in [0.15, 0.2) is 4.52 Å². The smallest absolute Gasteiger partial charge is 0.360 e. The molecule has 0 amide bonds. The number of ether oxygens (including phenoxy) is 3. The first-order valence-electron chi connectivity index (χ1n) is 4.91. The van der Waals surface area contributed by atoms with Crippen LogP contribution < -0.4 is 0 Å². The molecule has 0 spiro atoms. The molecule has 0 N–H and O–H groups in total. The molecule has 1 aromatic heterocycles. The molecule has 88 valence electrons. The first-order valence-corrected chi connectivity index (χ1v) is 4.91. The lowest BCUT2D eigenvalue weighted by Gasteiger charge is -2.21. The van der Waals surface area contributed by atoms with Gasteiger partial charge in [0.2, 0.25) is 0 Å². The van der Waals surface area contributed by atoms with Crippen molar-refractivity contribution < 1.29 is 23.5 Å². The molecule has 1 fully saturated rings. The summed E-state index contributed by atoms with van der Waals surface area (Å²) < 4.78 is 20.5. The Kier molecular flexibility index (Phi) is 2.69. The minimum Gasteiger partial charge on any atom is -0.464 e. The van der Waals surface area contributed by atoms with Crippen LogP contribution in [0.2, 0.25) is 0 Å². The van der Waals surface area contributed by atoms with Gasteiger partial charge in [-0.1, -0.05) is 5.16 Å². The average Bonchev–Trinajstić information content (AvgIpc) is 2.84. The maximum absolute atomic E-state index is 11.5. The zero-order valence-corrected chi connectivity index (χ0v) is 9.40. The van der Waals surface area contributed by atoms with E-state index in [4.69, 9.17) is 14.0 Å². The maximum atomic E-state index is 11.5. The van der Waals surface area contributed by atoms with E-state index < -0.39 is 11.8 Å². The van der Waals surface area contributed by atoms with Crippen LogP contribution in [0.1, 0.15) is 28.7 Å². The molecule has 1 saturated heterocycles. The molecule has 0 bridgehead atoms. The molecular formula is C10H13NO5. The maximum Gasteiger partial charge on any atom is 0.360 e. The third kappa shape index (κ3) is 1.60. The number of hydrogen-bond acceptors (Lipinski definition) is 6. The van der Waals surface area contributed by atoms with Crippen molar-refractivity contribution in [1.29, 1.82) is 0 Å². The Labute approximate surface area is 92.4 Å². The average molecular weight is 227 g/mol. The summed E-state index contributed by atoms with van der Waals surface area (Å²) in [5.41, 5.74) is 0.598. The van der Waals surface area contributed by atoms with Gasteiger partial charge in [-0.25, -0.2) is 4.79 Å². The van der Waals surface area contributed by atoms with E-state index >= 15 is 0 Å². The zero-order valence-electron chi connectivity index (χ0n) is 9.40. The highest BCUT2D eigenvalue weighted by Gasteiger charge is 2.41. The lowest BCUT2D eigenvalue weighted by molar-refractivity contribution is -0.150. The van der Waals surface area contributed by atoms with Gasteiger partial charge >= 0.3 is 5.97 Å². The molecule has 0 unspecified atom stereocenters. The molecule has 1 aromatic rings. The van der Waals surface area contributed by atoms with Crippen LogP contribution in [0, 0.1) is 6.92 Å². The van der Waals surface area contributed by atoms with Gasteiger partial charge in [0.15, 0.2) is 11.5 Å². The summed E-state index contributed by atoms with van der Waals surface area (Å²) in [4.78, 5) is 11.5. The van der Waals surface area contributed by atoms with Crippen LogP contribution in [-0.4, -0.2) is 31.4 Å². The number of carbonyl (C=O) groups is 1. The van der Waals surface area contributed by atoms with E-state index in [0.717, 1.165) is 0 Å². The van der Waals surface area contributed by atoms with Gasteiger partial charge in [0.1, 0.15) is 5.76 Å². The number of carbonyl (C=O) groups excluding carboxylic acids is 1. The Bertz CT molecular complexity index is 405. The van der Waals surface area contributed by atoms with E-state index in [1.807, 2.05) is 0 Å². The minimum absolute atomic E-state index is 0.101. The van der Waals surface area contributed by atoms with Crippen LogP contribution in [0.3, 0.4) is 0 Å². The molecule has 1 aliphatic rings. The first-order chi connectivity index (χ1) is 7.58. The van der Waals surface area contributed by atoms with Gasteiger partial charge in [0, 0.05) is 0 Å². The van der Waals surface area contributed by atoms with Crippen LogP contribution in [0.25, 0.3) is 0 Å². The van der Waals surface area contributed by atoms with E-state index in [-0.39, 0.29) is 5.69 Å². The fourth-order valence-corrected chi connectivity index (χ4v) is 1.80. The summed E-state index contributed by atoms with van der Waals surface area (Å²) in [6.07, 6.45) is 0. The molecule has 1 aliphatic heterocycles. The van der Waals surface area contributed by atoms with Crippen LogP contribution in [0.5, 0.6) is 0 Å². The Morgan fingerprint density at radius 1 is 1.44 bits per heavy atom. The van der Waals surface area contributed by atoms with Crippen LogP contribution >= 0.6 is 0 Å². The van der Waals surface area contributed by atoms with E-state index in [1.54, 1.807) is 13.8 Å². The van der Waals surface area contributed by atoms with E-state index in [1.165, 1.54) is 7.11 Å². The van der Waals surface area contributed by atoms with Gasteiger partial charge in [-0.3, -0.25) is 0 Å². The summed E-state index contributed by atoms with van der Waals surface area (Å²) in [5, 5.41) is 3.67. The van der Waals surface area contributed by atoms with E-state index in [2.05, 4.69) is 9.89 Å². The van der Waals surface area contributed by atoms with Crippen molar-refractivity contribution in [2.45, 2.75) is 19.6 Å². The summed E-state index contributed by atoms with van der Waals surface area (Å²) in [7, 11) is 1.29. The van der Waals surface area contributed by atoms with Gasteiger partial charge in [0.25, 0.3) is 0 Å². The van der Waals surface area contributed by atoms with Crippen molar-refractivity contribution >= 4 is 5.97 Å². The molecule has 6 heteroatoms. The summed E-state index contributed by atoms with van der Waals surface area (Å²) in [5.74, 6) is -1.05. The fourth-order valence-electron chi connectivity index (χ4n) is 1.80. The number of methoxy groups -OCH3 is 1. The lowest BCUT2D eigenvalue weighted by Crippen LogP contribution is -2.26. The standard InChI is InChI=1S/C10H13NO5/c1-6-7(10(2)14-4-5-15-10)8(11-16-6)9(12)13-3/h4-5H2,1-3H3. The van der Waals surface area contributed by atoms with Gasteiger partial charge in [-0.2, -0.15) is 0 Å². The molecule has 16 heavy (non-hydrogen) atoms. The quantitative estimate of drug-likeness (QED) is 0.701. The normalized spacial score (nSPS) is 18.7. The van der Waals surface area contributed by atoms with Crippen LogP contribution in [0.4, 0.5) is 0 Å². The monoisotopic (exact) mass is 227 g/mol. The van der Waals surface area contributed by atoms with Crippen molar-refractivity contribution in [2.75, 3.05) is 20.3 Å². The second-order valence-electron chi connectivity index (χ2n) is 3.60. The molecule has 0 radical (unpaired) electrons. The highest BCUT2D eigenvalue weighted by molar-refractivity contribution is 5.89. The highest BCUT2D eigenvalue weighted by atomic mass is 16.7. The number of rotatable bonds is 2.